The van der Waals surface area contributed by atoms with Crippen LogP contribution in [-0.2, 0) is 0 Å². The third-order valence-electron chi connectivity index (χ3n) is 2.44. The Morgan fingerprint density at radius 1 is 1.14 bits per heavy atom. The van der Waals surface area contributed by atoms with Crippen molar-refractivity contribution in [1.29, 1.82) is 0 Å². The van der Waals surface area contributed by atoms with Crippen LogP contribution in [0.3, 0.4) is 0 Å². The van der Waals surface area contributed by atoms with Crippen LogP contribution in [0.25, 0.3) is 0 Å². The predicted molar refractivity (Wildman–Crippen MR) is 56.7 cm³/mol. The Morgan fingerprint density at radius 2 is 1.71 bits per heavy atom. The van der Waals surface area contributed by atoms with Crippen molar-refractivity contribution in [3.63, 3.8) is 0 Å². The fourth-order valence-corrected chi connectivity index (χ4v) is 1.81. The normalized spacial score (nSPS) is 26.4. The highest BCUT2D eigenvalue weighted by Crippen LogP contribution is 2.24. The van der Waals surface area contributed by atoms with Crippen LogP contribution in [0.5, 0.6) is 0 Å². The molecule has 2 atom stereocenters. The molecule has 80 valence electrons. The van der Waals surface area contributed by atoms with Crippen molar-refractivity contribution in [2.75, 3.05) is 20.6 Å². The largest absolute Gasteiger partial charge is 0.368 e. The van der Waals surface area contributed by atoms with E-state index in [4.69, 9.17) is 10.2 Å². The lowest BCUT2D eigenvalue weighted by Gasteiger charge is -2.27. The average molecular weight is 197 g/mol. The van der Waals surface area contributed by atoms with E-state index < -0.39 is 6.29 Å². The third-order valence-corrected chi connectivity index (χ3v) is 2.44. The Morgan fingerprint density at radius 3 is 2.21 bits per heavy atom. The molecule has 0 heterocycles. The summed E-state index contributed by atoms with van der Waals surface area (Å²) in [6, 6.07) is 0. The summed E-state index contributed by atoms with van der Waals surface area (Å²) in [5.74, 6) is 0.624. The maximum Gasteiger partial charge on any atom is 0.152 e. The van der Waals surface area contributed by atoms with Crippen LogP contribution < -0.4 is 0 Å². The molecule has 0 fully saturated rings. The van der Waals surface area contributed by atoms with Crippen LogP contribution >= 0.6 is 0 Å². The first-order chi connectivity index (χ1) is 6.59. The number of hydrogen-bond donors (Lipinski definition) is 2. The van der Waals surface area contributed by atoms with Crippen molar-refractivity contribution < 1.29 is 10.2 Å². The molecule has 0 amide bonds. The fourth-order valence-electron chi connectivity index (χ4n) is 1.81. The molecule has 1 aliphatic rings. The van der Waals surface area contributed by atoms with E-state index in [0.29, 0.717) is 12.3 Å². The van der Waals surface area contributed by atoms with Crippen molar-refractivity contribution in [2.24, 2.45) is 11.8 Å². The zero-order valence-electron chi connectivity index (χ0n) is 8.80. The second-order valence-corrected chi connectivity index (χ2v) is 4.08. The number of hydrogen-bond acceptors (Lipinski definition) is 3. The molecule has 0 radical (unpaired) electrons. The molecule has 0 aromatic rings. The fraction of sp³-hybridized carbons (Fsp3) is 0.636. The van der Waals surface area contributed by atoms with E-state index in [1.165, 1.54) is 0 Å². The van der Waals surface area contributed by atoms with Gasteiger partial charge in [0, 0.05) is 13.0 Å². The molecule has 0 spiro atoms. The minimum atomic E-state index is -1.21. The highest BCUT2D eigenvalue weighted by molar-refractivity contribution is 5.14. The second-order valence-electron chi connectivity index (χ2n) is 4.08. The molecule has 3 heteroatoms. The quantitative estimate of drug-likeness (QED) is 0.649. The van der Waals surface area contributed by atoms with E-state index in [1.807, 2.05) is 32.3 Å². The Labute approximate surface area is 85.4 Å². The lowest BCUT2D eigenvalue weighted by Crippen LogP contribution is -2.28. The first kappa shape index (κ1) is 11.4. The summed E-state index contributed by atoms with van der Waals surface area (Å²) in [5.41, 5.74) is 0. The topological polar surface area (TPSA) is 43.7 Å². The van der Waals surface area contributed by atoms with E-state index in [9.17, 15) is 0 Å². The molecule has 0 saturated heterocycles. The average Bonchev–Trinajstić information content (AvgIpc) is 2.06. The first-order valence-electron chi connectivity index (χ1n) is 4.95. The van der Waals surface area contributed by atoms with Crippen molar-refractivity contribution in [3.05, 3.63) is 24.3 Å². The smallest absolute Gasteiger partial charge is 0.152 e. The van der Waals surface area contributed by atoms with E-state index in [-0.39, 0.29) is 5.92 Å². The minimum absolute atomic E-state index is 0.238. The van der Waals surface area contributed by atoms with Crippen LogP contribution in [0.1, 0.15) is 6.42 Å². The Bertz CT molecular complexity index is 197. The van der Waals surface area contributed by atoms with Gasteiger partial charge in [-0.1, -0.05) is 24.3 Å². The van der Waals surface area contributed by atoms with Gasteiger partial charge in [0.2, 0.25) is 0 Å². The maximum absolute atomic E-state index is 8.94. The number of aliphatic hydroxyl groups excluding tert-OH is 1. The molecular weight excluding hydrogens is 178 g/mol. The van der Waals surface area contributed by atoms with Gasteiger partial charge in [-0.25, -0.2) is 0 Å². The third kappa shape index (κ3) is 3.62. The summed E-state index contributed by atoms with van der Waals surface area (Å²) in [4.78, 5) is 2.12. The van der Waals surface area contributed by atoms with Crippen LogP contribution in [0.15, 0.2) is 24.3 Å². The molecular formula is C11H19NO2. The molecule has 0 aromatic heterocycles. The molecule has 2 N–H and O–H groups in total. The molecule has 0 saturated carbocycles. The predicted octanol–water partition coefficient (Wildman–Crippen LogP) is 0.607. The Balaban J connectivity index is 2.53. The van der Waals surface area contributed by atoms with Gasteiger partial charge >= 0.3 is 0 Å². The van der Waals surface area contributed by atoms with Gasteiger partial charge < -0.3 is 15.1 Å². The van der Waals surface area contributed by atoms with Gasteiger partial charge in [0.05, 0.1) is 0 Å². The lowest BCUT2D eigenvalue weighted by atomic mass is 9.85. The summed E-state index contributed by atoms with van der Waals surface area (Å²) < 4.78 is 0. The highest BCUT2D eigenvalue weighted by Gasteiger charge is 2.21. The number of aliphatic hydroxyl groups is 2. The standard InChI is InChI=1S/C11H19NO2/c1-12(2)8-10-6-4-3-5-9(10)7-11(13)14/h3-6,9-11,13-14H,7-8H2,1-2H3. The van der Waals surface area contributed by atoms with Gasteiger partial charge in [0.15, 0.2) is 6.29 Å². The summed E-state index contributed by atoms with van der Waals surface area (Å²) in [6.07, 6.45) is 7.38. The zero-order valence-corrected chi connectivity index (χ0v) is 8.80. The van der Waals surface area contributed by atoms with Crippen LogP contribution in [-0.4, -0.2) is 42.0 Å². The molecule has 3 nitrogen and oxygen atoms in total. The van der Waals surface area contributed by atoms with Gasteiger partial charge in [-0.2, -0.15) is 0 Å². The molecule has 0 aromatic carbocycles. The van der Waals surface area contributed by atoms with Gasteiger partial charge in [-0.15, -0.1) is 0 Å². The molecule has 1 aliphatic carbocycles. The van der Waals surface area contributed by atoms with Crippen molar-refractivity contribution >= 4 is 0 Å². The zero-order chi connectivity index (χ0) is 10.6. The van der Waals surface area contributed by atoms with Gasteiger partial charge in [0.1, 0.15) is 0 Å². The lowest BCUT2D eigenvalue weighted by molar-refractivity contribution is -0.0557. The Kier molecular flexibility index (Phi) is 4.32. The Hall–Kier alpha value is -0.640. The second kappa shape index (κ2) is 5.29. The molecule has 0 bridgehead atoms. The summed E-state index contributed by atoms with van der Waals surface area (Å²) in [5, 5.41) is 17.9. The monoisotopic (exact) mass is 197 g/mol. The van der Waals surface area contributed by atoms with E-state index in [0.717, 1.165) is 6.54 Å². The SMILES string of the molecule is CN(C)CC1C=CC=CC1CC(O)O. The van der Waals surface area contributed by atoms with E-state index in [2.05, 4.69) is 11.0 Å². The van der Waals surface area contributed by atoms with Crippen LogP contribution in [0.2, 0.25) is 0 Å². The van der Waals surface area contributed by atoms with E-state index in [1.54, 1.807) is 0 Å². The number of rotatable bonds is 4. The number of allylic oxidation sites excluding steroid dienone is 3. The van der Waals surface area contributed by atoms with Gasteiger partial charge in [-0.3, -0.25) is 0 Å². The van der Waals surface area contributed by atoms with Gasteiger partial charge in [-0.05, 0) is 25.9 Å². The first-order valence-corrected chi connectivity index (χ1v) is 4.95. The van der Waals surface area contributed by atoms with Crippen molar-refractivity contribution in [3.8, 4) is 0 Å². The summed E-state index contributed by atoms with van der Waals surface area (Å²) in [7, 11) is 4.05. The van der Waals surface area contributed by atoms with Gasteiger partial charge in [0.25, 0.3) is 0 Å². The maximum atomic E-state index is 8.94. The summed E-state index contributed by atoms with van der Waals surface area (Å²) >= 11 is 0. The highest BCUT2D eigenvalue weighted by atomic mass is 16.5. The van der Waals surface area contributed by atoms with Crippen molar-refractivity contribution in [2.45, 2.75) is 12.7 Å². The molecule has 2 unspecified atom stereocenters. The molecule has 14 heavy (non-hydrogen) atoms. The van der Waals surface area contributed by atoms with Crippen LogP contribution in [0, 0.1) is 11.8 Å². The van der Waals surface area contributed by atoms with Crippen molar-refractivity contribution in [1.82, 2.24) is 4.90 Å². The molecule has 1 rings (SSSR count). The molecule has 0 aliphatic heterocycles. The number of nitrogens with zero attached hydrogens (tertiary/aromatic N) is 1. The minimum Gasteiger partial charge on any atom is -0.368 e. The summed E-state index contributed by atoms with van der Waals surface area (Å²) in [6.45, 7) is 0.943. The van der Waals surface area contributed by atoms with E-state index >= 15 is 0 Å². The van der Waals surface area contributed by atoms with Crippen LogP contribution in [0.4, 0.5) is 0 Å².